The lowest BCUT2D eigenvalue weighted by molar-refractivity contribution is -0.136. The number of benzene rings is 1. The highest BCUT2D eigenvalue weighted by Gasteiger charge is 2.41. The van der Waals surface area contributed by atoms with Gasteiger partial charge in [0.2, 0.25) is 5.91 Å². The normalized spacial score (nSPS) is 17.2. The molecule has 0 spiro atoms. The fourth-order valence-electron chi connectivity index (χ4n) is 4.21. The van der Waals surface area contributed by atoms with Crippen molar-refractivity contribution in [3.63, 3.8) is 0 Å². The molecule has 4 rings (SSSR count). The standard InChI is InChI=1S/C27H30N4O3S/c1-5-22-24(26(33)34-4)25(19-11-9-18(10-12-19)17(2)3)31-21(16-35-27(31)30-22)14-23(32)29-15-20-8-6-7-13-28-20/h6-13,16-17,25H,5,14-15H2,1-4H3,(H,29,32)/t25-/m0/s1. The van der Waals surface area contributed by atoms with E-state index in [1.165, 1.54) is 24.4 Å². The van der Waals surface area contributed by atoms with Crippen LogP contribution in [0.25, 0.3) is 0 Å². The predicted molar refractivity (Wildman–Crippen MR) is 138 cm³/mol. The van der Waals surface area contributed by atoms with Gasteiger partial charge in [-0.05, 0) is 41.0 Å². The van der Waals surface area contributed by atoms with Crippen LogP contribution in [0.3, 0.4) is 0 Å². The minimum Gasteiger partial charge on any atom is -0.466 e. The molecule has 0 saturated carbocycles. The maximum absolute atomic E-state index is 13.0. The quantitative estimate of drug-likeness (QED) is 0.522. The van der Waals surface area contributed by atoms with Gasteiger partial charge in [0, 0.05) is 11.9 Å². The second-order valence-electron chi connectivity index (χ2n) is 8.70. The molecule has 0 unspecified atom stereocenters. The lowest BCUT2D eigenvalue weighted by Crippen LogP contribution is -2.38. The molecule has 1 aromatic heterocycles. The highest BCUT2D eigenvalue weighted by atomic mass is 32.2. The number of carbonyl (C=O) groups is 2. The molecular weight excluding hydrogens is 460 g/mol. The number of rotatable bonds is 8. The van der Waals surface area contributed by atoms with Crippen molar-refractivity contribution in [3.8, 4) is 0 Å². The topological polar surface area (TPSA) is 83.9 Å². The van der Waals surface area contributed by atoms with Crippen molar-refractivity contribution in [2.24, 2.45) is 4.99 Å². The summed E-state index contributed by atoms with van der Waals surface area (Å²) in [6, 6.07) is 13.5. The van der Waals surface area contributed by atoms with E-state index in [4.69, 9.17) is 9.73 Å². The molecule has 0 fully saturated rings. The van der Waals surface area contributed by atoms with Crippen LogP contribution in [-0.2, 0) is 20.9 Å². The number of aromatic nitrogens is 1. The van der Waals surface area contributed by atoms with Crippen LogP contribution in [0.1, 0.15) is 62.4 Å². The number of hydrogen-bond donors (Lipinski definition) is 1. The third-order valence-electron chi connectivity index (χ3n) is 6.08. The van der Waals surface area contributed by atoms with Gasteiger partial charge in [0.05, 0.1) is 43.1 Å². The van der Waals surface area contributed by atoms with Crippen LogP contribution in [0, 0.1) is 0 Å². The average Bonchev–Trinajstić information content (AvgIpc) is 3.28. The molecular formula is C27H30N4O3S. The molecule has 0 bridgehead atoms. The summed E-state index contributed by atoms with van der Waals surface area (Å²) >= 11 is 1.47. The van der Waals surface area contributed by atoms with Gasteiger partial charge in [-0.25, -0.2) is 9.79 Å². The van der Waals surface area contributed by atoms with Crippen LogP contribution < -0.4 is 5.32 Å². The van der Waals surface area contributed by atoms with E-state index in [0.29, 0.717) is 30.2 Å². The van der Waals surface area contributed by atoms with Crippen LogP contribution in [0.2, 0.25) is 0 Å². The Hall–Kier alpha value is -3.39. The second kappa shape index (κ2) is 10.9. The zero-order chi connectivity index (χ0) is 24.9. The first-order valence-corrected chi connectivity index (χ1v) is 12.6. The Morgan fingerprint density at radius 3 is 2.57 bits per heavy atom. The molecule has 1 N–H and O–H groups in total. The van der Waals surface area contributed by atoms with Crippen LogP contribution >= 0.6 is 11.8 Å². The van der Waals surface area contributed by atoms with Gasteiger partial charge < -0.3 is 15.0 Å². The van der Waals surface area contributed by atoms with E-state index < -0.39 is 12.0 Å². The van der Waals surface area contributed by atoms with Crippen LogP contribution in [-0.4, -0.2) is 34.0 Å². The van der Waals surface area contributed by atoms with Gasteiger partial charge in [0.1, 0.15) is 0 Å². The summed E-state index contributed by atoms with van der Waals surface area (Å²) in [5, 5.41) is 5.65. The number of pyridine rings is 1. The number of nitrogens with zero attached hydrogens (tertiary/aromatic N) is 3. The molecule has 0 radical (unpaired) electrons. The Balaban J connectivity index is 1.64. The predicted octanol–water partition coefficient (Wildman–Crippen LogP) is 5.05. The fraction of sp³-hybridized carbons (Fsp3) is 0.333. The third kappa shape index (κ3) is 5.32. The molecule has 182 valence electrons. The lowest BCUT2D eigenvalue weighted by atomic mass is 9.91. The van der Waals surface area contributed by atoms with E-state index in [2.05, 4.69) is 48.4 Å². The molecule has 2 aliphatic rings. The van der Waals surface area contributed by atoms with Crippen molar-refractivity contribution >= 4 is 28.8 Å². The molecule has 3 heterocycles. The number of thioether (sulfide) groups is 1. The molecule has 2 aliphatic heterocycles. The molecule has 7 nitrogen and oxygen atoms in total. The van der Waals surface area contributed by atoms with Gasteiger partial charge in [-0.1, -0.05) is 62.9 Å². The Kier molecular flexibility index (Phi) is 7.70. The molecule has 1 atom stereocenters. The highest BCUT2D eigenvalue weighted by molar-refractivity contribution is 8.16. The third-order valence-corrected chi connectivity index (χ3v) is 6.97. The Morgan fingerprint density at radius 2 is 1.94 bits per heavy atom. The number of aliphatic imine (C=N–C) groups is 1. The molecule has 8 heteroatoms. The van der Waals surface area contributed by atoms with E-state index in [9.17, 15) is 9.59 Å². The van der Waals surface area contributed by atoms with Crippen LogP contribution in [0.4, 0.5) is 0 Å². The van der Waals surface area contributed by atoms with Gasteiger partial charge >= 0.3 is 5.97 Å². The number of nitrogens with one attached hydrogen (secondary N) is 1. The highest BCUT2D eigenvalue weighted by Crippen LogP contribution is 2.45. The number of esters is 1. The minimum absolute atomic E-state index is 0.123. The summed E-state index contributed by atoms with van der Waals surface area (Å²) in [6.07, 6.45) is 2.47. The van der Waals surface area contributed by atoms with Crippen molar-refractivity contribution in [3.05, 3.63) is 87.9 Å². The molecule has 0 aliphatic carbocycles. The lowest BCUT2D eigenvalue weighted by Gasteiger charge is -2.36. The molecule has 2 aromatic rings. The number of amidine groups is 1. The average molecular weight is 491 g/mol. The molecule has 0 saturated heterocycles. The summed E-state index contributed by atoms with van der Waals surface area (Å²) < 4.78 is 5.18. The maximum Gasteiger partial charge on any atom is 0.338 e. The SMILES string of the molecule is CCC1=C(C(=O)OC)[C@H](c2ccc(C(C)C)cc2)N2C(CC(=O)NCc3ccccn3)=CSC2=N1. The zero-order valence-corrected chi connectivity index (χ0v) is 21.3. The van der Waals surface area contributed by atoms with Crippen molar-refractivity contribution in [1.82, 2.24) is 15.2 Å². The van der Waals surface area contributed by atoms with Gasteiger partial charge in [0.25, 0.3) is 0 Å². The number of methoxy groups -OCH3 is 1. The van der Waals surface area contributed by atoms with E-state index in [1.807, 2.05) is 35.4 Å². The number of fused-ring (bicyclic) bond motifs is 1. The Morgan fingerprint density at radius 1 is 1.17 bits per heavy atom. The van der Waals surface area contributed by atoms with Gasteiger partial charge in [-0.15, -0.1) is 0 Å². The van der Waals surface area contributed by atoms with Crippen LogP contribution in [0.15, 0.2) is 76.0 Å². The first-order chi connectivity index (χ1) is 16.9. The van der Waals surface area contributed by atoms with Crippen molar-refractivity contribution < 1.29 is 14.3 Å². The first-order valence-electron chi connectivity index (χ1n) is 11.7. The fourth-order valence-corrected chi connectivity index (χ4v) is 5.15. The number of ether oxygens (including phenoxy) is 1. The van der Waals surface area contributed by atoms with Crippen molar-refractivity contribution in [2.75, 3.05) is 7.11 Å². The van der Waals surface area contributed by atoms with E-state index in [1.54, 1.807) is 6.20 Å². The van der Waals surface area contributed by atoms with E-state index in [-0.39, 0.29) is 12.3 Å². The summed E-state index contributed by atoms with van der Waals surface area (Å²) in [5.74, 6) is -0.129. The second-order valence-corrected chi connectivity index (χ2v) is 9.53. The number of hydrogen-bond acceptors (Lipinski definition) is 7. The van der Waals surface area contributed by atoms with E-state index >= 15 is 0 Å². The first kappa shape index (κ1) is 24.7. The number of amides is 1. The number of carbonyl (C=O) groups excluding carboxylic acids is 2. The summed E-state index contributed by atoms with van der Waals surface area (Å²) in [5.41, 5.74) is 4.99. The summed E-state index contributed by atoms with van der Waals surface area (Å²) in [7, 11) is 1.39. The summed E-state index contributed by atoms with van der Waals surface area (Å²) in [4.78, 5) is 36.9. The van der Waals surface area contributed by atoms with E-state index in [0.717, 1.165) is 22.1 Å². The minimum atomic E-state index is -0.420. The Bertz CT molecular complexity index is 1190. The monoisotopic (exact) mass is 490 g/mol. The van der Waals surface area contributed by atoms with Gasteiger partial charge in [0.15, 0.2) is 5.17 Å². The molecule has 35 heavy (non-hydrogen) atoms. The van der Waals surface area contributed by atoms with Crippen molar-refractivity contribution in [1.29, 1.82) is 0 Å². The number of allylic oxidation sites excluding steroid dienone is 1. The molecule has 1 amide bonds. The molecule has 1 aromatic carbocycles. The Labute approximate surface area is 210 Å². The van der Waals surface area contributed by atoms with Gasteiger partial charge in [-0.3, -0.25) is 9.78 Å². The largest absolute Gasteiger partial charge is 0.466 e. The smallest absolute Gasteiger partial charge is 0.338 e. The zero-order valence-electron chi connectivity index (χ0n) is 20.4. The van der Waals surface area contributed by atoms with Crippen LogP contribution in [0.5, 0.6) is 0 Å². The maximum atomic E-state index is 13.0. The van der Waals surface area contributed by atoms with Crippen molar-refractivity contribution in [2.45, 2.75) is 52.1 Å². The summed E-state index contributed by atoms with van der Waals surface area (Å²) in [6.45, 7) is 6.64. The van der Waals surface area contributed by atoms with Gasteiger partial charge in [-0.2, -0.15) is 0 Å².